The van der Waals surface area contributed by atoms with E-state index in [9.17, 15) is 4.39 Å². The third-order valence-electron chi connectivity index (χ3n) is 0.406. The van der Waals surface area contributed by atoms with Crippen LogP contribution in [0.25, 0.3) is 0 Å². The van der Waals surface area contributed by atoms with Gasteiger partial charge in [-0.3, -0.25) is 0 Å². The summed E-state index contributed by atoms with van der Waals surface area (Å²) in [6, 6.07) is 0. The van der Waals surface area contributed by atoms with Gasteiger partial charge in [0.1, 0.15) is 5.38 Å². The van der Waals surface area contributed by atoms with Crippen LogP contribution in [0.1, 0.15) is 0 Å². The van der Waals surface area contributed by atoms with Crippen molar-refractivity contribution in [2.45, 2.75) is 0 Å². The number of rotatable bonds is 0. The summed E-state index contributed by atoms with van der Waals surface area (Å²) in [6.45, 7) is 0. The normalized spacial score (nSPS) is 9.43. The summed E-state index contributed by atoms with van der Waals surface area (Å²) in [5, 5.41) is 2.29. The number of nitrogens with zero attached hydrogens (tertiary/aromatic N) is 1. The van der Waals surface area contributed by atoms with Crippen LogP contribution in [0.2, 0.25) is 0 Å². The van der Waals surface area contributed by atoms with E-state index in [-0.39, 0.29) is 0 Å². The van der Waals surface area contributed by atoms with Crippen LogP contribution in [0.15, 0.2) is 3.92 Å². The number of halogens is 2. The summed E-state index contributed by atoms with van der Waals surface area (Å²) in [5.74, 6) is -0.545. The fourth-order valence-electron chi connectivity index (χ4n) is 0.207. The Balaban J connectivity index is 3.04. The molecule has 0 aliphatic heterocycles. The average Bonchev–Trinajstić information content (AvgIpc) is 1.87. The van der Waals surface area contributed by atoms with Gasteiger partial charge < -0.3 is 0 Å². The first kappa shape index (κ1) is 5.18. The molecule has 0 saturated heterocycles. The Morgan fingerprint density at radius 1 is 1.86 bits per heavy atom. The first-order valence-electron chi connectivity index (χ1n) is 1.48. The van der Waals surface area contributed by atoms with Crippen LogP contribution < -0.4 is 0 Å². The SMILES string of the molecule is Fc1[c]sc(Br)n1. The van der Waals surface area contributed by atoms with Crippen LogP contribution in [0, 0.1) is 11.3 Å². The molecule has 4 heteroatoms. The predicted molar refractivity (Wildman–Crippen MR) is 28.6 cm³/mol. The summed E-state index contributed by atoms with van der Waals surface area (Å²) >= 11 is 4.08. The van der Waals surface area contributed by atoms with E-state index in [0.717, 1.165) is 11.3 Å². The van der Waals surface area contributed by atoms with E-state index >= 15 is 0 Å². The molecule has 0 bridgehead atoms. The Kier molecular flexibility index (Phi) is 1.39. The Hall–Kier alpha value is 0.0400. The van der Waals surface area contributed by atoms with Gasteiger partial charge >= 0.3 is 0 Å². The van der Waals surface area contributed by atoms with Gasteiger partial charge in [-0.15, -0.1) is 11.3 Å². The van der Waals surface area contributed by atoms with E-state index in [0.29, 0.717) is 3.92 Å². The summed E-state index contributed by atoms with van der Waals surface area (Å²) in [5.41, 5.74) is 0. The van der Waals surface area contributed by atoms with Crippen molar-refractivity contribution in [1.82, 2.24) is 4.98 Å². The molecule has 0 saturated carbocycles. The zero-order valence-electron chi connectivity index (χ0n) is 3.11. The topological polar surface area (TPSA) is 12.9 Å². The highest BCUT2D eigenvalue weighted by Crippen LogP contribution is 2.12. The number of hydrogen-bond acceptors (Lipinski definition) is 2. The fourth-order valence-corrected chi connectivity index (χ4v) is 0.945. The molecule has 0 aromatic carbocycles. The van der Waals surface area contributed by atoms with Crippen molar-refractivity contribution in [2.24, 2.45) is 0 Å². The highest BCUT2D eigenvalue weighted by Gasteiger charge is 1.93. The van der Waals surface area contributed by atoms with Gasteiger partial charge in [-0.2, -0.15) is 4.39 Å². The highest BCUT2D eigenvalue weighted by molar-refractivity contribution is 9.11. The standard InChI is InChI=1S/C3BrFNS/c4-3-6-2(5)1-7-3. The monoisotopic (exact) mass is 180 g/mol. The number of thiazole rings is 1. The second-order valence-electron chi connectivity index (χ2n) is 0.860. The molecule has 0 fully saturated rings. The Morgan fingerprint density at radius 3 is 2.71 bits per heavy atom. The molecule has 1 radical (unpaired) electrons. The van der Waals surface area contributed by atoms with Crippen LogP contribution in [-0.2, 0) is 0 Å². The molecule has 1 aromatic rings. The van der Waals surface area contributed by atoms with Gasteiger partial charge in [-0.1, -0.05) is 0 Å². The van der Waals surface area contributed by atoms with Crippen molar-refractivity contribution in [3.8, 4) is 0 Å². The van der Waals surface area contributed by atoms with E-state index in [4.69, 9.17) is 0 Å². The maximum Gasteiger partial charge on any atom is 0.233 e. The number of aromatic nitrogens is 1. The van der Waals surface area contributed by atoms with Crippen LogP contribution in [-0.4, -0.2) is 4.98 Å². The van der Waals surface area contributed by atoms with Crippen LogP contribution >= 0.6 is 27.3 Å². The molecule has 1 nitrogen and oxygen atoms in total. The van der Waals surface area contributed by atoms with E-state index in [1.165, 1.54) is 0 Å². The molecule has 0 aliphatic carbocycles. The summed E-state index contributed by atoms with van der Waals surface area (Å²) < 4.78 is 12.3. The van der Waals surface area contributed by atoms with E-state index in [1.54, 1.807) is 0 Å². The van der Waals surface area contributed by atoms with Gasteiger partial charge in [-0.25, -0.2) is 4.98 Å². The fraction of sp³-hybridized carbons (Fsp3) is 0. The number of hydrogen-bond donors (Lipinski definition) is 0. The minimum Gasteiger partial charge on any atom is -0.200 e. The quantitative estimate of drug-likeness (QED) is 0.595. The van der Waals surface area contributed by atoms with Crippen molar-refractivity contribution in [2.75, 3.05) is 0 Å². The molecule has 7 heavy (non-hydrogen) atoms. The largest absolute Gasteiger partial charge is 0.233 e. The van der Waals surface area contributed by atoms with Crippen molar-refractivity contribution in [1.29, 1.82) is 0 Å². The van der Waals surface area contributed by atoms with Crippen LogP contribution in [0.4, 0.5) is 4.39 Å². The Bertz CT molecular complexity index is 147. The summed E-state index contributed by atoms with van der Waals surface area (Å²) in [6.07, 6.45) is 0. The van der Waals surface area contributed by atoms with Crippen LogP contribution in [0.5, 0.6) is 0 Å². The first-order valence-corrected chi connectivity index (χ1v) is 3.09. The molecule has 0 spiro atoms. The second kappa shape index (κ2) is 1.88. The second-order valence-corrected chi connectivity index (χ2v) is 2.93. The molecular formula is C3BrFNS. The van der Waals surface area contributed by atoms with Gasteiger partial charge in [0.25, 0.3) is 0 Å². The van der Waals surface area contributed by atoms with Gasteiger partial charge in [0.05, 0.1) is 0 Å². The lowest BCUT2D eigenvalue weighted by Crippen LogP contribution is -1.65. The molecular weight excluding hydrogens is 181 g/mol. The van der Waals surface area contributed by atoms with Gasteiger partial charge in [-0.05, 0) is 15.9 Å². The summed E-state index contributed by atoms with van der Waals surface area (Å²) in [7, 11) is 0. The molecule has 0 unspecified atom stereocenters. The molecule has 1 aromatic heterocycles. The molecule has 0 N–H and O–H groups in total. The highest BCUT2D eigenvalue weighted by atomic mass is 79.9. The van der Waals surface area contributed by atoms with E-state index < -0.39 is 5.95 Å². The third kappa shape index (κ3) is 1.21. The van der Waals surface area contributed by atoms with Crippen molar-refractivity contribution >= 4 is 27.3 Å². The molecule has 1 heterocycles. The first-order chi connectivity index (χ1) is 3.29. The Morgan fingerprint density at radius 2 is 2.57 bits per heavy atom. The molecule has 1 rings (SSSR count). The molecule has 0 atom stereocenters. The van der Waals surface area contributed by atoms with Crippen LogP contribution in [0.3, 0.4) is 0 Å². The van der Waals surface area contributed by atoms with Crippen molar-refractivity contribution in [3.05, 3.63) is 15.2 Å². The maximum atomic E-state index is 11.7. The van der Waals surface area contributed by atoms with Crippen molar-refractivity contribution in [3.63, 3.8) is 0 Å². The van der Waals surface area contributed by atoms with Gasteiger partial charge in [0.15, 0.2) is 3.92 Å². The smallest absolute Gasteiger partial charge is 0.200 e. The average molecular weight is 181 g/mol. The summed E-state index contributed by atoms with van der Waals surface area (Å²) in [4.78, 5) is 3.32. The lowest BCUT2D eigenvalue weighted by molar-refractivity contribution is 0.588. The van der Waals surface area contributed by atoms with E-state index in [2.05, 4.69) is 26.3 Å². The predicted octanol–water partition coefficient (Wildman–Crippen LogP) is 1.84. The third-order valence-corrected chi connectivity index (χ3v) is 1.60. The Labute approximate surface area is 52.3 Å². The molecule has 37 valence electrons. The van der Waals surface area contributed by atoms with Gasteiger partial charge in [0, 0.05) is 0 Å². The zero-order chi connectivity index (χ0) is 5.28. The maximum absolute atomic E-state index is 11.7. The lowest BCUT2D eigenvalue weighted by atomic mass is 11.0. The molecule has 0 aliphatic rings. The van der Waals surface area contributed by atoms with Gasteiger partial charge in [0.2, 0.25) is 5.95 Å². The minimum atomic E-state index is -0.545. The molecule has 0 amide bonds. The van der Waals surface area contributed by atoms with E-state index in [1.807, 2.05) is 0 Å². The lowest BCUT2D eigenvalue weighted by Gasteiger charge is -1.65. The van der Waals surface area contributed by atoms with Crippen molar-refractivity contribution < 1.29 is 4.39 Å². The zero-order valence-corrected chi connectivity index (χ0v) is 5.51. The minimum absolute atomic E-state index is 0.532.